The van der Waals surface area contributed by atoms with E-state index in [2.05, 4.69) is 15.4 Å². The number of nitrogens with zero attached hydrogens (tertiary/aromatic N) is 2. The third-order valence-corrected chi connectivity index (χ3v) is 2.58. The van der Waals surface area contributed by atoms with Gasteiger partial charge in [-0.15, -0.1) is 0 Å². The maximum Gasteiger partial charge on any atom is 0.354 e. The number of carbonyl (C=O) groups is 2. The molecule has 1 amide bonds. The summed E-state index contributed by atoms with van der Waals surface area (Å²) in [6.07, 6.45) is 6.30. The molecule has 104 valence electrons. The standard InChI is InChI=1S/C13H14N4O3/c1-8-5-10(12(15-8)13(19)20)16-11(18)4-3-9-6-14-17(2)7-9/h3-7,15H,1-2H3,(H,16,18)(H,19,20)/b4-3+. The molecule has 2 heterocycles. The number of aromatic carboxylic acids is 1. The smallest absolute Gasteiger partial charge is 0.354 e. The topological polar surface area (TPSA) is 100 Å². The maximum absolute atomic E-state index is 11.7. The Kier molecular flexibility index (Phi) is 3.69. The van der Waals surface area contributed by atoms with E-state index in [0.717, 1.165) is 5.56 Å². The van der Waals surface area contributed by atoms with E-state index in [0.29, 0.717) is 5.69 Å². The summed E-state index contributed by atoms with van der Waals surface area (Å²) in [5, 5.41) is 15.5. The Labute approximate surface area is 114 Å². The zero-order chi connectivity index (χ0) is 14.7. The van der Waals surface area contributed by atoms with Crippen molar-refractivity contribution in [1.82, 2.24) is 14.8 Å². The van der Waals surface area contributed by atoms with E-state index < -0.39 is 11.9 Å². The minimum atomic E-state index is -1.12. The second kappa shape index (κ2) is 5.43. The SMILES string of the molecule is Cc1cc(NC(=O)/C=C/c2cnn(C)c2)c(C(=O)O)[nH]1. The molecule has 0 bridgehead atoms. The van der Waals surface area contributed by atoms with Crippen LogP contribution in [0.15, 0.2) is 24.5 Å². The van der Waals surface area contributed by atoms with Gasteiger partial charge in [-0.1, -0.05) is 0 Å². The molecule has 0 aliphatic rings. The highest BCUT2D eigenvalue weighted by Gasteiger charge is 2.14. The molecule has 0 saturated carbocycles. The number of hydrogen-bond donors (Lipinski definition) is 3. The van der Waals surface area contributed by atoms with E-state index in [4.69, 9.17) is 5.11 Å². The van der Waals surface area contributed by atoms with Gasteiger partial charge in [-0.3, -0.25) is 9.48 Å². The molecule has 0 fully saturated rings. The van der Waals surface area contributed by atoms with Gasteiger partial charge in [0.05, 0.1) is 11.9 Å². The summed E-state index contributed by atoms with van der Waals surface area (Å²) in [6.45, 7) is 1.72. The Morgan fingerprint density at radius 3 is 2.85 bits per heavy atom. The number of nitrogens with one attached hydrogen (secondary N) is 2. The van der Waals surface area contributed by atoms with Crippen LogP contribution < -0.4 is 5.32 Å². The number of H-pyrrole nitrogens is 1. The van der Waals surface area contributed by atoms with Crippen LogP contribution in [0.1, 0.15) is 21.7 Å². The first-order valence-corrected chi connectivity index (χ1v) is 5.86. The predicted molar refractivity (Wildman–Crippen MR) is 73.4 cm³/mol. The lowest BCUT2D eigenvalue weighted by atomic mass is 10.3. The van der Waals surface area contributed by atoms with Gasteiger partial charge in [0.15, 0.2) is 0 Å². The first kappa shape index (κ1) is 13.6. The van der Waals surface area contributed by atoms with Crippen LogP contribution >= 0.6 is 0 Å². The van der Waals surface area contributed by atoms with Crippen LogP contribution in [0.3, 0.4) is 0 Å². The van der Waals surface area contributed by atoms with E-state index in [1.54, 1.807) is 43.2 Å². The molecule has 0 unspecified atom stereocenters. The average Bonchev–Trinajstić information content (AvgIpc) is 2.93. The molecule has 7 heteroatoms. The number of anilines is 1. The first-order chi connectivity index (χ1) is 9.45. The number of carboxylic acid groups (broad SMARTS) is 1. The van der Waals surface area contributed by atoms with Crippen molar-refractivity contribution in [2.75, 3.05) is 5.32 Å². The highest BCUT2D eigenvalue weighted by atomic mass is 16.4. The molecule has 0 aromatic carbocycles. The van der Waals surface area contributed by atoms with Crippen molar-refractivity contribution in [2.24, 2.45) is 7.05 Å². The summed E-state index contributed by atoms with van der Waals surface area (Å²) in [5.41, 5.74) is 1.65. The highest BCUT2D eigenvalue weighted by molar-refractivity contribution is 6.05. The van der Waals surface area contributed by atoms with Crippen LogP contribution in [0.25, 0.3) is 6.08 Å². The summed E-state index contributed by atoms with van der Waals surface area (Å²) in [4.78, 5) is 25.4. The fraction of sp³-hybridized carbons (Fsp3) is 0.154. The number of hydrogen-bond acceptors (Lipinski definition) is 3. The fourth-order valence-electron chi connectivity index (χ4n) is 1.73. The third-order valence-electron chi connectivity index (χ3n) is 2.58. The van der Waals surface area contributed by atoms with Gasteiger partial charge in [0.1, 0.15) is 5.69 Å². The Bertz CT molecular complexity index is 682. The molecule has 0 saturated heterocycles. The lowest BCUT2D eigenvalue weighted by Crippen LogP contribution is -2.10. The molecule has 2 aromatic heterocycles. The molecular formula is C13H14N4O3. The largest absolute Gasteiger partial charge is 0.477 e. The van der Waals surface area contributed by atoms with Gasteiger partial charge >= 0.3 is 5.97 Å². The molecule has 3 N–H and O–H groups in total. The third kappa shape index (κ3) is 3.14. The van der Waals surface area contributed by atoms with Gasteiger partial charge in [-0.05, 0) is 19.1 Å². The Morgan fingerprint density at radius 2 is 2.25 bits per heavy atom. The predicted octanol–water partition coefficient (Wildman–Crippen LogP) is 1.41. The van der Waals surface area contributed by atoms with Gasteiger partial charge in [0.2, 0.25) is 5.91 Å². The van der Waals surface area contributed by atoms with E-state index >= 15 is 0 Å². The van der Waals surface area contributed by atoms with Gasteiger partial charge < -0.3 is 15.4 Å². The Balaban J connectivity index is 2.08. The number of aryl methyl sites for hydroxylation is 2. The molecule has 0 atom stereocenters. The van der Waals surface area contributed by atoms with Crippen LogP contribution in [0, 0.1) is 6.92 Å². The Hall–Kier alpha value is -2.83. The number of carboxylic acids is 1. The maximum atomic E-state index is 11.7. The number of aromatic amines is 1. The average molecular weight is 274 g/mol. The summed E-state index contributed by atoms with van der Waals surface area (Å²) in [5.74, 6) is -1.53. The summed E-state index contributed by atoms with van der Waals surface area (Å²) in [7, 11) is 1.78. The zero-order valence-electron chi connectivity index (χ0n) is 11.0. The monoisotopic (exact) mass is 274 g/mol. The molecule has 0 radical (unpaired) electrons. The molecule has 2 aromatic rings. The van der Waals surface area contributed by atoms with Crippen LogP contribution in [-0.4, -0.2) is 31.7 Å². The lowest BCUT2D eigenvalue weighted by molar-refractivity contribution is -0.111. The van der Waals surface area contributed by atoms with Gasteiger partial charge in [0, 0.05) is 30.6 Å². The molecule has 0 spiro atoms. The minimum Gasteiger partial charge on any atom is -0.477 e. The number of aromatic nitrogens is 3. The van der Waals surface area contributed by atoms with E-state index in [9.17, 15) is 9.59 Å². The second-order valence-corrected chi connectivity index (χ2v) is 4.32. The lowest BCUT2D eigenvalue weighted by Gasteiger charge is -2.00. The number of rotatable bonds is 4. The van der Waals surface area contributed by atoms with Crippen molar-refractivity contribution < 1.29 is 14.7 Å². The number of amides is 1. The van der Waals surface area contributed by atoms with Gasteiger partial charge in [0.25, 0.3) is 0 Å². The van der Waals surface area contributed by atoms with E-state index in [1.807, 2.05) is 0 Å². The van der Waals surface area contributed by atoms with Crippen molar-refractivity contribution in [2.45, 2.75) is 6.92 Å². The first-order valence-electron chi connectivity index (χ1n) is 5.86. The van der Waals surface area contributed by atoms with Crippen LogP contribution in [0.4, 0.5) is 5.69 Å². The second-order valence-electron chi connectivity index (χ2n) is 4.32. The van der Waals surface area contributed by atoms with Crippen LogP contribution in [-0.2, 0) is 11.8 Å². The van der Waals surface area contributed by atoms with Crippen molar-refractivity contribution in [1.29, 1.82) is 0 Å². The van der Waals surface area contributed by atoms with Gasteiger partial charge in [-0.2, -0.15) is 5.10 Å². The van der Waals surface area contributed by atoms with Crippen LogP contribution in [0.2, 0.25) is 0 Å². The molecule has 7 nitrogen and oxygen atoms in total. The molecule has 0 aliphatic heterocycles. The van der Waals surface area contributed by atoms with Crippen molar-refractivity contribution in [3.8, 4) is 0 Å². The number of carbonyl (C=O) groups excluding carboxylic acids is 1. The summed E-state index contributed by atoms with van der Waals surface area (Å²) >= 11 is 0. The summed E-state index contributed by atoms with van der Waals surface area (Å²) < 4.78 is 1.62. The molecule has 20 heavy (non-hydrogen) atoms. The van der Waals surface area contributed by atoms with E-state index in [-0.39, 0.29) is 11.4 Å². The summed E-state index contributed by atoms with van der Waals surface area (Å²) in [6, 6.07) is 1.57. The normalized spacial score (nSPS) is 10.9. The van der Waals surface area contributed by atoms with E-state index in [1.165, 1.54) is 6.08 Å². The highest BCUT2D eigenvalue weighted by Crippen LogP contribution is 2.16. The Morgan fingerprint density at radius 1 is 1.50 bits per heavy atom. The van der Waals surface area contributed by atoms with Crippen molar-refractivity contribution in [3.63, 3.8) is 0 Å². The van der Waals surface area contributed by atoms with Gasteiger partial charge in [-0.25, -0.2) is 4.79 Å². The molecule has 2 rings (SSSR count). The van der Waals surface area contributed by atoms with Crippen LogP contribution in [0.5, 0.6) is 0 Å². The van der Waals surface area contributed by atoms with Crippen molar-refractivity contribution in [3.05, 3.63) is 41.5 Å². The van der Waals surface area contributed by atoms with Crippen molar-refractivity contribution >= 4 is 23.6 Å². The quantitative estimate of drug-likeness (QED) is 0.734. The molecule has 0 aliphatic carbocycles. The minimum absolute atomic E-state index is 0.0365. The fourth-order valence-corrected chi connectivity index (χ4v) is 1.73. The molecular weight excluding hydrogens is 260 g/mol. The zero-order valence-corrected chi connectivity index (χ0v) is 11.0.